The largest absolute Gasteiger partial charge is 0.346 e. The first-order valence-electron chi connectivity index (χ1n) is 5.77. The van der Waals surface area contributed by atoms with Gasteiger partial charge in [0.15, 0.2) is 9.84 Å². The molecule has 0 aliphatic carbocycles. The molecule has 2 rings (SSSR count). The van der Waals surface area contributed by atoms with Gasteiger partial charge < -0.3 is 5.32 Å². The zero-order valence-electron chi connectivity index (χ0n) is 10.6. The highest BCUT2D eigenvalue weighted by Crippen LogP contribution is 2.23. The molecule has 2 aromatic rings. The van der Waals surface area contributed by atoms with E-state index < -0.39 is 9.84 Å². The van der Waals surface area contributed by atoms with Gasteiger partial charge >= 0.3 is 0 Å². The minimum atomic E-state index is -3.17. The summed E-state index contributed by atoms with van der Waals surface area (Å²) in [5.41, 5.74) is 0. The SMILES string of the molecule is CCS(=O)(=O)c1ccc(CNC(=O)c2ccc(Cl)s2)s1. The van der Waals surface area contributed by atoms with E-state index in [1.54, 1.807) is 31.2 Å². The van der Waals surface area contributed by atoms with Crippen LogP contribution in [0.15, 0.2) is 28.5 Å². The van der Waals surface area contributed by atoms with Crippen LogP contribution < -0.4 is 5.32 Å². The molecular weight excluding hydrogens is 338 g/mol. The molecule has 0 atom stereocenters. The minimum Gasteiger partial charge on any atom is -0.346 e. The van der Waals surface area contributed by atoms with Crippen molar-refractivity contribution >= 4 is 50.0 Å². The predicted molar refractivity (Wildman–Crippen MR) is 82.5 cm³/mol. The molecule has 0 radical (unpaired) electrons. The third kappa shape index (κ3) is 3.60. The average molecular weight is 350 g/mol. The Balaban J connectivity index is 2.00. The average Bonchev–Trinajstić information content (AvgIpc) is 3.05. The summed E-state index contributed by atoms with van der Waals surface area (Å²) in [7, 11) is -3.17. The molecule has 0 spiro atoms. The summed E-state index contributed by atoms with van der Waals surface area (Å²) in [4.78, 5) is 13.2. The number of hydrogen-bond acceptors (Lipinski definition) is 5. The van der Waals surface area contributed by atoms with Crippen molar-refractivity contribution in [2.24, 2.45) is 0 Å². The van der Waals surface area contributed by atoms with Crippen LogP contribution in [0.5, 0.6) is 0 Å². The van der Waals surface area contributed by atoms with Crippen molar-refractivity contribution in [2.45, 2.75) is 17.7 Å². The van der Waals surface area contributed by atoms with Gasteiger partial charge in [0.25, 0.3) is 5.91 Å². The van der Waals surface area contributed by atoms with Gasteiger partial charge in [0.1, 0.15) is 4.21 Å². The smallest absolute Gasteiger partial charge is 0.261 e. The highest BCUT2D eigenvalue weighted by atomic mass is 35.5. The Hall–Kier alpha value is -0.890. The van der Waals surface area contributed by atoms with Crippen LogP contribution in [0.1, 0.15) is 21.5 Å². The van der Waals surface area contributed by atoms with Crippen molar-refractivity contribution in [2.75, 3.05) is 5.75 Å². The van der Waals surface area contributed by atoms with Crippen LogP contribution in [0.3, 0.4) is 0 Å². The van der Waals surface area contributed by atoms with Gasteiger partial charge in [-0.15, -0.1) is 22.7 Å². The minimum absolute atomic E-state index is 0.0764. The van der Waals surface area contributed by atoms with Crippen LogP contribution in [0.2, 0.25) is 4.34 Å². The highest BCUT2D eigenvalue weighted by Gasteiger charge is 2.15. The fourth-order valence-electron chi connectivity index (χ4n) is 1.45. The molecule has 20 heavy (non-hydrogen) atoms. The maximum absolute atomic E-state index is 11.8. The highest BCUT2D eigenvalue weighted by molar-refractivity contribution is 7.93. The van der Waals surface area contributed by atoms with E-state index in [0.717, 1.165) is 4.88 Å². The van der Waals surface area contributed by atoms with Gasteiger partial charge in [-0.2, -0.15) is 0 Å². The zero-order valence-corrected chi connectivity index (χ0v) is 13.8. The van der Waals surface area contributed by atoms with Gasteiger partial charge in [-0.1, -0.05) is 18.5 Å². The topological polar surface area (TPSA) is 63.2 Å². The molecule has 0 aliphatic rings. The molecule has 1 N–H and O–H groups in total. The lowest BCUT2D eigenvalue weighted by atomic mass is 10.4. The molecule has 0 unspecified atom stereocenters. The first-order valence-corrected chi connectivity index (χ1v) is 9.43. The van der Waals surface area contributed by atoms with Crippen molar-refractivity contribution in [1.82, 2.24) is 5.32 Å². The second-order valence-electron chi connectivity index (χ2n) is 3.91. The van der Waals surface area contributed by atoms with Crippen molar-refractivity contribution in [3.05, 3.63) is 38.4 Å². The molecule has 0 aliphatic heterocycles. The number of nitrogens with one attached hydrogen (secondary N) is 1. The van der Waals surface area contributed by atoms with E-state index in [0.29, 0.717) is 20.0 Å². The van der Waals surface area contributed by atoms with Gasteiger partial charge in [-0.05, 0) is 24.3 Å². The van der Waals surface area contributed by atoms with Crippen molar-refractivity contribution in [3.8, 4) is 0 Å². The second-order valence-corrected chi connectivity index (χ2v) is 9.30. The van der Waals surface area contributed by atoms with Crippen LogP contribution in [0.4, 0.5) is 0 Å². The number of carbonyl (C=O) groups is 1. The molecule has 0 saturated carbocycles. The van der Waals surface area contributed by atoms with Crippen LogP contribution in [0, 0.1) is 0 Å². The summed E-state index contributed by atoms with van der Waals surface area (Å²) in [5.74, 6) is -0.136. The van der Waals surface area contributed by atoms with Gasteiger partial charge in [0.2, 0.25) is 0 Å². The van der Waals surface area contributed by atoms with E-state index in [9.17, 15) is 13.2 Å². The van der Waals surface area contributed by atoms with E-state index in [2.05, 4.69) is 5.32 Å². The Bertz CT molecular complexity index is 718. The van der Waals surface area contributed by atoms with Gasteiger partial charge in [-0.25, -0.2) is 8.42 Å². The summed E-state index contributed by atoms with van der Waals surface area (Å²) < 4.78 is 24.3. The van der Waals surface area contributed by atoms with Crippen LogP contribution >= 0.6 is 34.3 Å². The third-order valence-corrected chi connectivity index (χ3v) is 7.17. The monoisotopic (exact) mass is 349 g/mol. The zero-order chi connectivity index (χ0) is 14.8. The van der Waals surface area contributed by atoms with Gasteiger partial charge in [0, 0.05) is 4.88 Å². The number of rotatable bonds is 5. The summed E-state index contributed by atoms with van der Waals surface area (Å²) in [6.45, 7) is 1.91. The first-order chi connectivity index (χ1) is 9.42. The Labute approximate surface area is 130 Å². The Morgan fingerprint density at radius 2 is 2.00 bits per heavy atom. The van der Waals surface area contributed by atoms with Gasteiger partial charge in [-0.3, -0.25) is 4.79 Å². The van der Waals surface area contributed by atoms with E-state index >= 15 is 0 Å². The van der Waals surface area contributed by atoms with E-state index in [1.807, 2.05) is 0 Å². The standard InChI is InChI=1S/C12H12ClNO3S3/c1-2-20(16,17)11-6-3-8(18-11)7-14-12(15)9-4-5-10(13)19-9/h3-6H,2,7H2,1H3,(H,14,15). The van der Waals surface area contributed by atoms with Crippen molar-refractivity contribution in [3.63, 3.8) is 0 Å². The molecule has 108 valence electrons. The molecule has 0 fully saturated rings. The lowest BCUT2D eigenvalue weighted by Crippen LogP contribution is -2.21. The van der Waals surface area contributed by atoms with E-state index in [1.165, 1.54) is 22.7 Å². The maximum atomic E-state index is 11.8. The Morgan fingerprint density at radius 3 is 2.60 bits per heavy atom. The number of thiophene rings is 2. The quantitative estimate of drug-likeness (QED) is 0.901. The first kappa shape index (κ1) is 15.5. The Morgan fingerprint density at radius 1 is 1.25 bits per heavy atom. The molecule has 0 saturated heterocycles. The summed E-state index contributed by atoms with van der Waals surface area (Å²) >= 11 is 8.15. The van der Waals surface area contributed by atoms with Crippen LogP contribution in [0.25, 0.3) is 0 Å². The predicted octanol–water partition coefficient (Wildman–Crippen LogP) is 3.19. The summed E-state index contributed by atoms with van der Waals surface area (Å²) in [6, 6.07) is 6.61. The normalized spacial score (nSPS) is 11.5. The molecular formula is C12H12ClNO3S3. The molecule has 2 aromatic heterocycles. The number of carbonyl (C=O) groups excluding carboxylic acids is 1. The number of halogens is 1. The molecule has 0 aromatic carbocycles. The molecule has 4 nitrogen and oxygen atoms in total. The fraction of sp³-hybridized carbons (Fsp3) is 0.250. The Kier molecular flexibility index (Phi) is 4.85. The molecule has 2 heterocycles. The van der Waals surface area contributed by atoms with Crippen molar-refractivity contribution in [1.29, 1.82) is 0 Å². The van der Waals surface area contributed by atoms with Crippen LogP contribution in [-0.2, 0) is 16.4 Å². The lowest BCUT2D eigenvalue weighted by Gasteiger charge is -2.00. The second kappa shape index (κ2) is 6.26. The lowest BCUT2D eigenvalue weighted by molar-refractivity contribution is 0.0955. The van der Waals surface area contributed by atoms with E-state index in [4.69, 9.17) is 11.6 Å². The summed E-state index contributed by atoms with van der Waals surface area (Å²) in [6.07, 6.45) is 0. The molecule has 0 bridgehead atoms. The molecule has 1 amide bonds. The fourth-order valence-corrected chi connectivity index (χ4v) is 4.83. The van der Waals surface area contributed by atoms with Gasteiger partial charge in [0.05, 0.1) is 21.5 Å². The molecule has 8 heteroatoms. The number of sulfone groups is 1. The number of amides is 1. The summed E-state index contributed by atoms with van der Waals surface area (Å²) in [5, 5.41) is 2.74. The third-order valence-electron chi connectivity index (χ3n) is 2.54. The van der Waals surface area contributed by atoms with Crippen molar-refractivity contribution < 1.29 is 13.2 Å². The van der Waals surface area contributed by atoms with E-state index in [-0.39, 0.29) is 11.7 Å². The number of hydrogen-bond donors (Lipinski definition) is 1. The maximum Gasteiger partial charge on any atom is 0.261 e. The van der Waals surface area contributed by atoms with Crippen LogP contribution in [-0.4, -0.2) is 20.1 Å².